The lowest BCUT2D eigenvalue weighted by Gasteiger charge is -2.20. The maximum absolute atomic E-state index is 12.1. The molecule has 1 aromatic rings. The number of carbonyl (C=O) groups is 1. The average molecular weight is 265 g/mol. The zero-order valence-electron chi connectivity index (χ0n) is 11.2. The average Bonchev–Trinajstić information content (AvgIpc) is 2.92. The van der Waals surface area contributed by atoms with Crippen LogP contribution in [0.25, 0.3) is 0 Å². The summed E-state index contributed by atoms with van der Waals surface area (Å²) in [4.78, 5) is 12.1. The Morgan fingerprint density at radius 3 is 2.95 bits per heavy atom. The largest absolute Gasteiger partial charge is 0.507 e. The van der Waals surface area contributed by atoms with Gasteiger partial charge >= 0.3 is 0 Å². The van der Waals surface area contributed by atoms with Crippen molar-refractivity contribution < 1.29 is 19.4 Å². The van der Waals surface area contributed by atoms with Crippen LogP contribution in [0, 0.1) is 0 Å². The van der Waals surface area contributed by atoms with E-state index in [-0.39, 0.29) is 29.4 Å². The smallest absolute Gasteiger partial charge is 0.255 e. The summed E-state index contributed by atoms with van der Waals surface area (Å²) in [7, 11) is 1.51. The van der Waals surface area contributed by atoms with E-state index in [0.29, 0.717) is 5.75 Å². The fraction of sp³-hybridized carbons (Fsp3) is 0.500. The van der Waals surface area contributed by atoms with Gasteiger partial charge in [0.25, 0.3) is 5.91 Å². The summed E-state index contributed by atoms with van der Waals surface area (Å²) in [6.07, 6.45) is 2.04. The number of carbonyl (C=O) groups excluding carboxylic acids is 1. The predicted molar refractivity (Wildman–Crippen MR) is 70.6 cm³/mol. The Morgan fingerprint density at radius 2 is 2.37 bits per heavy atom. The molecule has 1 fully saturated rings. The first-order valence-electron chi connectivity index (χ1n) is 6.41. The van der Waals surface area contributed by atoms with Crippen molar-refractivity contribution in [3.63, 3.8) is 0 Å². The molecule has 5 nitrogen and oxygen atoms in total. The summed E-state index contributed by atoms with van der Waals surface area (Å²) < 4.78 is 10.5. The number of phenols is 1. The lowest BCUT2D eigenvalue weighted by Crippen LogP contribution is -2.40. The van der Waals surface area contributed by atoms with Crippen molar-refractivity contribution in [1.29, 1.82) is 0 Å². The fourth-order valence-corrected chi connectivity index (χ4v) is 2.20. The lowest BCUT2D eigenvalue weighted by atomic mass is 10.1. The minimum absolute atomic E-state index is 0.0596. The van der Waals surface area contributed by atoms with Gasteiger partial charge in [0, 0.05) is 12.7 Å². The number of ether oxygens (including phenoxy) is 2. The quantitative estimate of drug-likeness (QED) is 0.869. The number of benzene rings is 1. The number of phenolic OH excluding ortho intramolecular Hbond substituents is 1. The number of aromatic hydroxyl groups is 1. The zero-order valence-corrected chi connectivity index (χ0v) is 11.2. The molecule has 1 aliphatic rings. The molecule has 0 saturated carbocycles. The van der Waals surface area contributed by atoms with Crippen LogP contribution in [0.2, 0.25) is 0 Å². The summed E-state index contributed by atoms with van der Waals surface area (Å²) in [5.41, 5.74) is 0.241. The molecule has 1 saturated heterocycles. The molecule has 0 radical (unpaired) electrons. The second-order valence-corrected chi connectivity index (χ2v) is 4.70. The van der Waals surface area contributed by atoms with E-state index in [2.05, 4.69) is 5.32 Å². The number of methoxy groups -OCH3 is 1. The highest BCUT2D eigenvalue weighted by atomic mass is 16.5. The van der Waals surface area contributed by atoms with Crippen molar-refractivity contribution in [2.24, 2.45) is 0 Å². The molecule has 2 rings (SSSR count). The van der Waals surface area contributed by atoms with Crippen molar-refractivity contribution in [2.45, 2.75) is 31.9 Å². The molecule has 19 heavy (non-hydrogen) atoms. The Balaban J connectivity index is 2.02. The third-order valence-electron chi connectivity index (χ3n) is 3.33. The zero-order chi connectivity index (χ0) is 13.8. The summed E-state index contributed by atoms with van der Waals surface area (Å²) in [5.74, 6) is 0.126. The SMILES string of the molecule is COc1ccc(C(=O)N[C@@H](C)[C@H]2CCCO2)c(O)c1. The first-order valence-corrected chi connectivity index (χ1v) is 6.41. The highest BCUT2D eigenvalue weighted by molar-refractivity contribution is 5.97. The van der Waals surface area contributed by atoms with E-state index >= 15 is 0 Å². The Hall–Kier alpha value is -1.75. The molecule has 0 aromatic heterocycles. The van der Waals surface area contributed by atoms with E-state index in [9.17, 15) is 9.90 Å². The third kappa shape index (κ3) is 3.17. The van der Waals surface area contributed by atoms with E-state index in [1.807, 2.05) is 6.92 Å². The van der Waals surface area contributed by atoms with Gasteiger partial charge in [0.15, 0.2) is 0 Å². The molecular formula is C14H19NO4. The van der Waals surface area contributed by atoms with Gasteiger partial charge in [-0.2, -0.15) is 0 Å². The van der Waals surface area contributed by atoms with Crippen molar-refractivity contribution in [3.05, 3.63) is 23.8 Å². The normalized spacial score (nSPS) is 20.0. The molecule has 0 unspecified atom stereocenters. The Bertz CT molecular complexity index is 455. The summed E-state index contributed by atoms with van der Waals surface area (Å²) >= 11 is 0. The van der Waals surface area contributed by atoms with Crippen LogP contribution in [0.4, 0.5) is 0 Å². The molecule has 1 heterocycles. The standard InChI is InChI=1S/C14H19NO4/c1-9(13-4-3-7-19-13)15-14(17)11-6-5-10(18-2)8-12(11)16/h5-6,8-9,13,16H,3-4,7H2,1-2H3,(H,15,17)/t9-,13+/m0/s1. The Kier molecular flexibility index (Phi) is 4.27. The molecule has 2 N–H and O–H groups in total. The molecule has 0 bridgehead atoms. The van der Waals surface area contributed by atoms with Crippen LogP contribution in [-0.2, 0) is 4.74 Å². The number of hydrogen-bond donors (Lipinski definition) is 2. The van der Waals surface area contributed by atoms with Gasteiger partial charge in [0.2, 0.25) is 0 Å². The third-order valence-corrected chi connectivity index (χ3v) is 3.33. The molecule has 0 spiro atoms. The summed E-state index contributed by atoms with van der Waals surface area (Å²) in [6, 6.07) is 4.54. The van der Waals surface area contributed by atoms with E-state index in [4.69, 9.17) is 9.47 Å². The van der Waals surface area contributed by atoms with Crippen molar-refractivity contribution in [3.8, 4) is 11.5 Å². The van der Waals surface area contributed by atoms with Gasteiger partial charge < -0.3 is 19.9 Å². The van der Waals surface area contributed by atoms with Gasteiger partial charge in [-0.05, 0) is 31.9 Å². The number of amides is 1. The van der Waals surface area contributed by atoms with Crippen LogP contribution in [0.15, 0.2) is 18.2 Å². The fourth-order valence-electron chi connectivity index (χ4n) is 2.20. The van der Waals surface area contributed by atoms with Crippen LogP contribution in [0.3, 0.4) is 0 Å². The summed E-state index contributed by atoms with van der Waals surface area (Å²) in [6.45, 7) is 2.66. The molecule has 5 heteroatoms. The van der Waals surface area contributed by atoms with Crippen LogP contribution in [0.1, 0.15) is 30.1 Å². The van der Waals surface area contributed by atoms with Gasteiger partial charge in [-0.25, -0.2) is 0 Å². The van der Waals surface area contributed by atoms with Crippen LogP contribution < -0.4 is 10.1 Å². The maximum Gasteiger partial charge on any atom is 0.255 e. The maximum atomic E-state index is 12.1. The molecule has 1 aromatic carbocycles. The van der Waals surface area contributed by atoms with Crippen LogP contribution in [0.5, 0.6) is 11.5 Å². The summed E-state index contributed by atoms with van der Waals surface area (Å²) in [5, 5.41) is 12.7. The first kappa shape index (κ1) is 13.7. The minimum Gasteiger partial charge on any atom is -0.507 e. The molecule has 0 aliphatic carbocycles. The van der Waals surface area contributed by atoms with E-state index in [1.54, 1.807) is 12.1 Å². The van der Waals surface area contributed by atoms with E-state index < -0.39 is 0 Å². The monoisotopic (exact) mass is 265 g/mol. The second-order valence-electron chi connectivity index (χ2n) is 4.70. The highest BCUT2D eigenvalue weighted by Crippen LogP contribution is 2.24. The van der Waals surface area contributed by atoms with Crippen molar-refractivity contribution in [2.75, 3.05) is 13.7 Å². The second kappa shape index (κ2) is 5.93. The molecule has 1 amide bonds. The van der Waals surface area contributed by atoms with Gasteiger partial charge in [-0.15, -0.1) is 0 Å². The predicted octanol–water partition coefficient (Wildman–Crippen LogP) is 1.70. The van der Waals surface area contributed by atoms with E-state index in [0.717, 1.165) is 19.4 Å². The number of nitrogens with one attached hydrogen (secondary N) is 1. The molecule has 104 valence electrons. The Labute approximate surface area is 112 Å². The topological polar surface area (TPSA) is 67.8 Å². The highest BCUT2D eigenvalue weighted by Gasteiger charge is 2.24. The van der Waals surface area contributed by atoms with Crippen molar-refractivity contribution >= 4 is 5.91 Å². The minimum atomic E-state index is -0.303. The van der Waals surface area contributed by atoms with Crippen LogP contribution >= 0.6 is 0 Å². The Morgan fingerprint density at radius 1 is 1.58 bits per heavy atom. The molecule has 2 atom stereocenters. The molecule has 1 aliphatic heterocycles. The van der Waals surface area contributed by atoms with Gasteiger partial charge in [-0.3, -0.25) is 4.79 Å². The number of hydrogen-bond acceptors (Lipinski definition) is 4. The first-order chi connectivity index (χ1) is 9.11. The van der Waals surface area contributed by atoms with E-state index in [1.165, 1.54) is 13.2 Å². The number of rotatable bonds is 4. The van der Waals surface area contributed by atoms with Gasteiger partial charge in [0.05, 0.1) is 24.8 Å². The van der Waals surface area contributed by atoms with Gasteiger partial charge in [0.1, 0.15) is 11.5 Å². The van der Waals surface area contributed by atoms with Crippen LogP contribution in [-0.4, -0.2) is 36.9 Å². The molecular weight excluding hydrogens is 246 g/mol. The van der Waals surface area contributed by atoms with Gasteiger partial charge in [-0.1, -0.05) is 0 Å². The lowest BCUT2D eigenvalue weighted by molar-refractivity contribution is 0.0711. The van der Waals surface area contributed by atoms with Crippen molar-refractivity contribution in [1.82, 2.24) is 5.32 Å².